The predicted molar refractivity (Wildman–Crippen MR) is 98.9 cm³/mol. The number of carbonyl (C=O) groups is 1. The number of alkyl carbamates (subject to hydrolysis) is 1. The zero-order valence-corrected chi connectivity index (χ0v) is 15.2. The molecule has 1 unspecified atom stereocenters. The maximum atomic E-state index is 11.9. The fraction of sp³-hybridized carbons (Fsp3) is 0.333. The van der Waals surface area contributed by atoms with Crippen LogP contribution in [0.2, 0.25) is 0 Å². The second kappa shape index (κ2) is 6.62. The number of nitrogens with two attached hydrogens (primary N) is 1. The summed E-state index contributed by atoms with van der Waals surface area (Å²) >= 11 is 0. The van der Waals surface area contributed by atoms with Crippen molar-refractivity contribution in [3.63, 3.8) is 0 Å². The molecule has 1 amide bonds. The Morgan fingerprint density at radius 3 is 2.54 bits per heavy atom. The number of hydrogen-bond donors (Lipinski definition) is 2. The predicted octanol–water partition coefficient (Wildman–Crippen LogP) is 2.98. The Morgan fingerprint density at radius 1 is 1.19 bits per heavy atom. The van der Waals surface area contributed by atoms with Crippen molar-refractivity contribution in [3.05, 3.63) is 42.5 Å². The van der Waals surface area contributed by atoms with E-state index in [-0.39, 0.29) is 6.04 Å². The van der Waals surface area contributed by atoms with Crippen LogP contribution in [-0.2, 0) is 4.74 Å². The molecule has 8 nitrogen and oxygen atoms in total. The number of imidazole rings is 1. The number of nitrogens with one attached hydrogen (secondary N) is 1. The quantitative estimate of drug-likeness (QED) is 0.748. The second-order valence-electron chi connectivity index (χ2n) is 7.01. The van der Waals surface area contributed by atoms with E-state index >= 15 is 0 Å². The molecule has 0 radical (unpaired) electrons. The summed E-state index contributed by atoms with van der Waals surface area (Å²) in [7, 11) is 0. The van der Waals surface area contributed by atoms with Gasteiger partial charge in [0.05, 0.1) is 6.04 Å². The van der Waals surface area contributed by atoms with Crippen molar-refractivity contribution in [2.45, 2.75) is 39.3 Å². The Morgan fingerprint density at radius 2 is 1.88 bits per heavy atom. The first-order valence-corrected chi connectivity index (χ1v) is 8.28. The van der Waals surface area contributed by atoms with E-state index < -0.39 is 11.7 Å². The number of amides is 1. The van der Waals surface area contributed by atoms with Crippen LogP contribution < -0.4 is 11.1 Å². The van der Waals surface area contributed by atoms with Crippen LogP contribution >= 0.6 is 0 Å². The molecule has 0 saturated heterocycles. The van der Waals surface area contributed by atoms with Gasteiger partial charge in [-0.05, 0) is 45.4 Å². The first-order valence-electron chi connectivity index (χ1n) is 8.28. The maximum absolute atomic E-state index is 11.9. The van der Waals surface area contributed by atoms with E-state index in [1.807, 2.05) is 56.5 Å². The minimum Gasteiger partial charge on any atom is -0.444 e. The standard InChI is InChI=1S/C18H22N6O2/c1-11(23-17(25)26-18(2,3)4)12-5-7-13(8-6-12)24-10-22-14-15(19)20-9-21-16(14)24/h5-11H,1-4H3,(H,23,25)(H2,19,20,21). The van der Waals surface area contributed by atoms with E-state index in [1.54, 1.807) is 6.33 Å². The Balaban J connectivity index is 1.78. The summed E-state index contributed by atoms with van der Waals surface area (Å²) in [6.07, 6.45) is 2.63. The summed E-state index contributed by atoms with van der Waals surface area (Å²) in [6.45, 7) is 7.40. The first kappa shape index (κ1) is 17.7. The van der Waals surface area contributed by atoms with Crippen molar-refractivity contribution >= 4 is 23.1 Å². The highest BCUT2D eigenvalue weighted by Gasteiger charge is 2.18. The Bertz CT molecular complexity index is 927. The van der Waals surface area contributed by atoms with Crippen molar-refractivity contribution < 1.29 is 9.53 Å². The van der Waals surface area contributed by atoms with E-state index in [9.17, 15) is 4.79 Å². The number of hydrogen-bond acceptors (Lipinski definition) is 6. The number of fused-ring (bicyclic) bond motifs is 1. The van der Waals surface area contributed by atoms with Gasteiger partial charge in [0.2, 0.25) is 0 Å². The Hall–Kier alpha value is -3.16. The van der Waals surface area contributed by atoms with Crippen LogP contribution in [0.3, 0.4) is 0 Å². The molecule has 0 aliphatic carbocycles. The lowest BCUT2D eigenvalue weighted by Crippen LogP contribution is -2.34. The molecule has 3 aromatic rings. The normalized spacial score (nSPS) is 12.8. The smallest absolute Gasteiger partial charge is 0.408 e. The van der Waals surface area contributed by atoms with Gasteiger partial charge in [0.15, 0.2) is 17.0 Å². The molecule has 3 rings (SSSR count). The number of nitrogens with zero attached hydrogens (tertiary/aromatic N) is 4. The summed E-state index contributed by atoms with van der Waals surface area (Å²) in [5, 5.41) is 2.83. The van der Waals surface area contributed by atoms with E-state index in [0.717, 1.165) is 11.3 Å². The topological polar surface area (TPSA) is 108 Å². The molecule has 2 aromatic heterocycles. The molecule has 0 aliphatic rings. The van der Waals surface area contributed by atoms with Gasteiger partial charge in [0.1, 0.15) is 18.3 Å². The van der Waals surface area contributed by atoms with Crippen LogP contribution in [0.25, 0.3) is 16.9 Å². The summed E-state index contributed by atoms with van der Waals surface area (Å²) in [6, 6.07) is 7.56. The second-order valence-corrected chi connectivity index (χ2v) is 7.01. The average molecular weight is 354 g/mol. The first-order chi connectivity index (χ1) is 12.2. The molecule has 1 aromatic carbocycles. The average Bonchev–Trinajstić information content (AvgIpc) is 2.98. The van der Waals surface area contributed by atoms with Crippen LogP contribution in [0.5, 0.6) is 0 Å². The number of carbonyl (C=O) groups excluding carboxylic acids is 1. The van der Waals surface area contributed by atoms with E-state index in [2.05, 4.69) is 20.3 Å². The highest BCUT2D eigenvalue weighted by Crippen LogP contribution is 2.21. The van der Waals surface area contributed by atoms with Gasteiger partial charge < -0.3 is 15.8 Å². The molecule has 1 atom stereocenters. The molecule has 0 aliphatic heterocycles. The minimum atomic E-state index is -0.528. The van der Waals surface area contributed by atoms with Crippen molar-refractivity contribution in [3.8, 4) is 5.69 Å². The summed E-state index contributed by atoms with van der Waals surface area (Å²) < 4.78 is 7.12. The molecular formula is C18H22N6O2. The van der Waals surface area contributed by atoms with Crippen LogP contribution in [0.4, 0.5) is 10.6 Å². The van der Waals surface area contributed by atoms with Crippen molar-refractivity contribution in [2.24, 2.45) is 0 Å². The lowest BCUT2D eigenvalue weighted by atomic mass is 10.1. The summed E-state index contributed by atoms with van der Waals surface area (Å²) in [4.78, 5) is 24.4. The summed E-state index contributed by atoms with van der Waals surface area (Å²) in [5.74, 6) is 0.348. The van der Waals surface area contributed by atoms with Crippen molar-refractivity contribution in [2.75, 3.05) is 5.73 Å². The van der Waals surface area contributed by atoms with Gasteiger partial charge in [-0.3, -0.25) is 4.57 Å². The third-order valence-electron chi connectivity index (χ3n) is 3.77. The number of nitrogen functional groups attached to an aromatic ring is 1. The molecule has 136 valence electrons. The number of aromatic nitrogens is 4. The Labute approximate surface area is 151 Å². The monoisotopic (exact) mass is 354 g/mol. The maximum Gasteiger partial charge on any atom is 0.408 e. The highest BCUT2D eigenvalue weighted by atomic mass is 16.6. The molecular weight excluding hydrogens is 332 g/mol. The third kappa shape index (κ3) is 3.74. The van der Waals surface area contributed by atoms with Gasteiger partial charge in [-0.2, -0.15) is 0 Å². The minimum absolute atomic E-state index is 0.184. The fourth-order valence-electron chi connectivity index (χ4n) is 2.53. The van der Waals surface area contributed by atoms with Gasteiger partial charge in [-0.1, -0.05) is 12.1 Å². The zero-order valence-electron chi connectivity index (χ0n) is 15.2. The van der Waals surface area contributed by atoms with Crippen molar-refractivity contribution in [1.82, 2.24) is 24.8 Å². The number of benzene rings is 1. The molecule has 2 heterocycles. The number of rotatable bonds is 3. The molecule has 3 N–H and O–H groups in total. The van der Waals surface area contributed by atoms with Gasteiger partial charge in [0, 0.05) is 5.69 Å². The van der Waals surface area contributed by atoms with Gasteiger partial charge in [-0.15, -0.1) is 0 Å². The van der Waals surface area contributed by atoms with E-state index in [4.69, 9.17) is 10.5 Å². The van der Waals surface area contributed by atoms with Crippen molar-refractivity contribution in [1.29, 1.82) is 0 Å². The number of anilines is 1. The molecule has 0 fully saturated rings. The van der Waals surface area contributed by atoms with Crippen LogP contribution in [0, 0.1) is 0 Å². The van der Waals surface area contributed by atoms with Gasteiger partial charge in [0.25, 0.3) is 0 Å². The van der Waals surface area contributed by atoms with Crippen LogP contribution in [0.15, 0.2) is 36.9 Å². The molecule has 26 heavy (non-hydrogen) atoms. The van der Waals surface area contributed by atoms with Gasteiger partial charge in [-0.25, -0.2) is 19.7 Å². The van der Waals surface area contributed by atoms with E-state index in [1.165, 1.54) is 6.33 Å². The third-order valence-corrected chi connectivity index (χ3v) is 3.77. The zero-order chi connectivity index (χ0) is 18.9. The molecule has 8 heteroatoms. The van der Waals surface area contributed by atoms with Crippen LogP contribution in [-0.4, -0.2) is 31.2 Å². The van der Waals surface area contributed by atoms with E-state index in [0.29, 0.717) is 17.0 Å². The van der Waals surface area contributed by atoms with Crippen LogP contribution in [0.1, 0.15) is 39.3 Å². The molecule has 0 spiro atoms. The summed E-state index contributed by atoms with van der Waals surface area (Å²) in [5.41, 5.74) is 8.35. The molecule has 0 bridgehead atoms. The fourth-order valence-corrected chi connectivity index (χ4v) is 2.53. The lowest BCUT2D eigenvalue weighted by molar-refractivity contribution is 0.0508. The van der Waals surface area contributed by atoms with Gasteiger partial charge >= 0.3 is 6.09 Å². The lowest BCUT2D eigenvalue weighted by Gasteiger charge is -2.22. The number of ether oxygens (including phenoxy) is 1. The largest absolute Gasteiger partial charge is 0.444 e. The highest BCUT2D eigenvalue weighted by molar-refractivity contribution is 5.82. The molecule has 0 saturated carbocycles. The SMILES string of the molecule is CC(NC(=O)OC(C)(C)C)c1ccc(-n2cnc3c(N)ncnc32)cc1. The Kier molecular flexibility index (Phi) is 4.50.